The minimum Gasteiger partial charge on any atom is -0.867 e. The summed E-state index contributed by atoms with van der Waals surface area (Å²) in [5, 5.41) is 12.6. The van der Waals surface area contributed by atoms with Gasteiger partial charge in [0.15, 0.2) is 18.5 Å². The fraction of sp³-hybridized carbons (Fsp3) is 0.133. The molecule has 0 aliphatic heterocycles. The van der Waals surface area contributed by atoms with Crippen LogP contribution >= 0.6 is 29.1 Å². The molecule has 2 nitrogen and oxygen atoms in total. The third-order valence-corrected chi connectivity index (χ3v) is 4.63. The molecule has 1 heterocycles. The first-order valence-electron chi connectivity index (χ1n) is 6.23. The Kier molecular flexibility index (Phi) is 5.42. The fourth-order valence-corrected chi connectivity index (χ4v) is 3.55. The zero-order chi connectivity index (χ0) is 14.5. The Morgan fingerprint density at radius 2 is 1.75 bits per heavy atom. The van der Waals surface area contributed by atoms with Crippen LogP contribution in [0.2, 0.25) is 0 Å². The molecule has 1 aromatic carbocycles. The Morgan fingerprint density at radius 1 is 1.10 bits per heavy atom. The van der Waals surface area contributed by atoms with E-state index >= 15 is 0 Å². The molecule has 0 atom stereocenters. The third-order valence-electron chi connectivity index (χ3n) is 2.93. The second kappa shape index (κ2) is 7.08. The average Bonchev–Trinajstić information content (AvgIpc) is 2.48. The van der Waals surface area contributed by atoms with Crippen molar-refractivity contribution in [1.82, 2.24) is 0 Å². The van der Waals surface area contributed by atoms with E-state index in [1.165, 1.54) is 0 Å². The van der Waals surface area contributed by atoms with Gasteiger partial charge in [-0.15, -0.1) is 0 Å². The van der Waals surface area contributed by atoms with Gasteiger partial charge in [0.25, 0.3) is 0 Å². The minimum atomic E-state index is -1.55. The Bertz CT molecular complexity index is 614. The Labute approximate surface area is 129 Å². The molecule has 0 saturated heterocycles. The fourth-order valence-electron chi connectivity index (χ4n) is 1.96. The van der Waals surface area contributed by atoms with E-state index in [4.69, 9.17) is 22.5 Å². The largest absolute Gasteiger partial charge is 0.867 e. The predicted octanol–water partition coefficient (Wildman–Crippen LogP) is 3.97. The normalized spacial score (nSPS) is 12.4. The number of aryl methyl sites for hydroxylation is 1. The molecule has 0 fully saturated rings. The second-order valence-electron chi connectivity index (χ2n) is 4.17. The maximum atomic E-state index is 12.6. The van der Waals surface area contributed by atoms with Crippen molar-refractivity contribution in [3.8, 4) is 0 Å². The molecule has 0 bridgehead atoms. The van der Waals surface area contributed by atoms with Crippen LogP contribution < -0.4 is 9.67 Å². The van der Waals surface area contributed by atoms with Gasteiger partial charge in [-0.25, -0.2) is 0 Å². The van der Waals surface area contributed by atoms with Gasteiger partial charge in [0.2, 0.25) is 5.44 Å². The smallest absolute Gasteiger partial charge is 0.231 e. The third kappa shape index (κ3) is 3.32. The topological polar surface area (TPSA) is 26.9 Å². The van der Waals surface area contributed by atoms with Gasteiger partial charge >= 0.3 is 0 Å². The molecule has 1 aromatic heterocycles. The molecule has 2 rings (SSSR count). The van der Waals surface area contributed by atoms with Gasteiger partial charge in [-0.1, -0.05) is 65.8 Å². The second-order valence-corrected chi connectivity index (χ2v) is 7.60. The monoisotopic (exact) mass is 325 g/mol. The van der Waals surface area contributed by atoms with E-state index in [0.29, 0.717) is 11.0 Å². The van der Waals surface area contributed by atoms with Crippen LogP contribution in [0.25, 0.3) is 11.2 Å². The van der Waals surface area contributed by atoms with E-state index < -0.39 is 6.63 Å². The molecule has 0 aliphatic rings. The predicted molar refractivity (Wildman–Crippen MR) is 84.2 cm³/mol. The summed E-state index contributed by atoms with van der Waals surface area (Å²) in [5.74, 6) is -0.132. The van der Waals surface area contributed by atoms with Crippen molar-refractivity contribution >= 4 is 40.3 Å². The Morgan fingerprint density at radius 3 is 2.35 bits per heavy atom. The van der Waals surface area contributed by atoms with Crippen LogP contribution in [0.4, 0.5) is 0 Å². The number of benzene rings is 1. The summed E-state index contributed by atoms with van der Waals surface area (Å²) in [6.07, 6.45) is 2.62. The molecule has 0 saturated carbocycles. The number of nitrogens with zero attached hydrogens (tertiary/aromatic N) is 1. The van der Waals surface area contributed by atoms with E-state index in [2.05, 4.69) is 0 Å². The highest BCUT2D eigenvalue weighted by Gasteiger charge is 2.23. The highest BCUT2D eigenvalue weighted by molar-refractivity contribution is 8.10. The summed E-state index contributed by atoms with van der Waals surface area (Å²) in [6.45, 7) is 0.478. The van der Waals surface area contributed by atoms with Crippen LogP contribution in [0.5, 0.6) is 0 Å². The zero-order valence-electron chi connectivity index (χ0n) is 11.0. The van der Waals surface area contributed by atoms with E-state index in [0.717, 1.165) is 12.1 Å². The van der Waals surface area contributed by atoms with Gasteiger partial charge in [0.1, 0.15) is 0 Å². The van der Waals surface area contributed by atoms with Crippen LogP contribution in [-0.4, -0.2) is 0 Å². The van der Waals surface area contributed by atoms with Gasteiger partial charge in [-0.05, 0) is 11.3 Å². The molecule has 0 N–H and O–H groups in total. The lowest BCUT2D eigenvalue weighted by molar-refractivity contribution is -0.584. The number of hydrogen-bond acceptors (Lipinski definition) is 1. The molecule has 0 unspecified atom stereocenters. The number of halogens is 2. The molecule has 0 spiro atoms. The van der Waals surface area contributed by atoms with Crippen molar-refractivity contribution in [2.75, 3.05) is 0 Å². The van der Waals surface area contributed by atoms with Crippen LogP contribution in [0, 0.1) is 0 Å². The van der Waals surface area contributed by atoms with Crippen molar-refractivity contribution in [3.63, 3.8) is 0 Å². The van der Waals surface area contributed by atoms with Crippen molar-refractivity contribution in [2.45, 2.75) is 13.3 Å². The summed E-state index contributed by atoms with van der Waals surface area (Å²) in [5.41, 5.74) is 2.02. The molecule has 0 amide bonds. The van der Waals surface area contributed by atoms with E-state index in [1.54, 1.807) is 16.7 Å². The molecule has 0 radical (unpaired) electrons. The van der Waals surface area contributed by atoms with Crippen molar-refractivity contribution in [3.05, 3.63) is 66.0 Å². The van der Waals surface area contributed by atoms with Gasteiger partial charge in [0, 0.05) is 18.6 Å². The summed E-state index contributed by atoms with van der Waals surface area (Å²) in [7, 11) is 0. The van der Waals surface area contributed by atoms with Crippen LogP contribution in [-0.2, 0) is 6.42 Å². The molecule has 0 aliphatic carbocycles. The molecule has 104 valence electrons. The maximum Gasteiger partial charge on any atom is 0.231 e. The number of hydrogen-bond donors (Lipinski definition) is 0. The lowest BCUT2D eigenvalue weighted by Crippen LogP contribution is -2.37. The average molecular weight is 326 g/mol. The van der Waals surface area contributed by atoms with Gasteiger partial charge in [0.05, 0.1) is 0 Å². The van der Waals surface area contributed by atoms with Gasteiger partial charge < -0.3 is 5.11 Å². The molecule has 5 heteroatoms. The lowest BCUT2D eigenvalue weighted by atomic mass is 10.2. The maximum absolute atomic E-state index is 12.6. The molecule has 20 heavy (non-hydrogen) atoms. The molecular formula is C15H14Cl2NOP. The van der Waals surface area contributed by atoms with E-state index in [-0.39, 0.29) is 5.76 Å². The van der Waals surface area contributed by atoms with Crippen LogP contribution in [0.15, 0.2) is 54.7 Å². The summed E-state index contributed by atoms with van der Waals surface area (Å²) in [4.78, 5) is 0. The first-order chi connectivity index (χ1) is 9.65. The number of rotatable bonds is 4. The van der Waals surface area contributed by atoms with Crippen molar-refractivity contribution < 1.29 is 9.67 Å². The molecular weight excluding hydrogens is 312 g/mol. The Balaban J connectivity index is 2.63. The van der Waals surface area contributed by atoms with Crippen LogP contribution in [0.1, 0.15) is 18.2 Å². The van der Waals surface area contributed by atoms with Gasteiger partial charge in [-0.2, -0.15) is 4.57 Å². The summed E-state index contributed by atoms with van der Waals surface area (Å²) in [6, 6.07) is 14.8. The first kappa shape index (κ1) is 15.3. The van der Waals surface area contributed by atoms with Crippen molar-refractivity contribution in [2.24, 2.45) is 0 Å². The quantitative estimate of drug-likeness (QED) is 0.474. The van der Waals surface area contributed by atoms with E-state index in [1.807, 2.05) is 49.5 Å². The van der Waals surface area contributed by atoms with Gasteiger partial charge in [-0.3, -0.25) is 0 Å². The standard InChI is InChI=1S/C15H14Cl2NOP/c1-2-13-10-6-7-11-18(13)15(20(16)17)14(19)12-8-4-3-5-9-12/h3-11H,2H2,1H3/b15-14+. The van der Waals surface area contributed by atoms with Crippen molar-refractivity contribution in [1.29, 1.82) is 0 Å². The Hall–Kier alpha value is -1.08. The van der Waals surface area contributed by atoms with Crippen LogP contribution in [0.3, 0.4) is 0 Å². The zero-order valence-corrected chi connectivity index (χ0v) is 13.4. The molecule has 2 aromatic rings. The number of aromatic nitrogens is 1. The lowest BCUT2D eigenvalue weighted by Gasteiger charge is -2.16. The summed E-state index contributed by atoms with van der Waals surface area (Å²) < 4.78 is 1.81. The first-order valence-corrected chi connectivity index (χ1v) is 9.38. The summed E-state index contributed by atoms with van der Waals surface area (Å²) >= 11 is 12.2. The highest BCUT2D eigenvalue weighted by atomic mass is 35.9. The van der Waals surface area contributed by atoms with E-state index in [9.17, 15) is 5.11 Å². The minimum absolute atomic E-state index is 0.132. The SMILES string of the molecule is CCc1cccc[n+]1/C(=C(\[O-])c1ccccc1)P(Cl)Cl. The number of pyridine rings is 1. The highest BCUT2D eigenvalue weighted by Crippen LogP contribution is 2.56.